The number of phenolic OH excluding ortho intramolecular Hbond substituents is 1. The molecule has 1 aliphatic heterocycles. The number of carboxylic acid groups (broad SMARTS) is 2. The van der Waals surface area contributed by atoms with Gasteiger partial charge in [0.05, 0.1) is 6.10 Å². The van der Waals surface area contributed by atoms with Crippen LogP contribution in [-0.2, 0) is 16.0 Å². The van der Waals surface area contributed by atoms with Gasteiger partial charge in [0.1, 0.15) is 5.75 Å². The van der Waals surface area contributed by atoms with Gasteiger partial charge < -0.3 is 25.3 Å². The highest BCUT2D eigenvalue weighted by Crippen LogP contribution is 2.27. The van der Waals surface area contributed by atoms with Gasteiger partial charge in [-0.2, -0.15) is 0 Å². The first-order valence-corrected chi connectivity index (χ1v) is 11.1. The second-order valence-electron chi connectivity index (χ2n) is 8.46. The number of aliphatic carboxylic acids is 2. The Bertz CT molecular complexity index is 873. The van der Waals surface area contributed by atoms with Crippen molar-refractivity contribution >= 4 is 11.9 Å². The first-order valence-electron chi connectivity index (χ1n) is 11.1. The van der Waals surface area contributed by atoms with E-state index in [1.54, 1.807) is 12.1 Å². The largest absolute Gasteiger partial charge is 0.508 e. The molecule has 1 heterocycles. The van der Waals surface area contributed by atoms with Gasteiger partial charge in [-0.3, -0.25) is 0 Å². The molecule has 0 aliphatic carbocycles. The molecule has 1 fully saturated rings. The first kappa shape index (κ1) is 26.1. The molecule has 4 N–H and O–H groups in total. The van der Waals surface area contributed by atoms with E-state index < -0.39 is 18.0 Å². The maximum absolute atomic E-state index is 10.5. The molecule has 0 amide bonds. The molecule has 7 heteroatoms. The number of likely N-dealkylation sites (tertiary alicyclic amines) is 1. The van der Waals surface area contributed by atoms with E-state index in [0.717, 1.165) is 31.1 Å². The summed E-state index contributed by atoms with van der Waals surface area (Å²) in [6.45, 7) is 5.25. The first-order chi connectivity index (χ1) is 15.7. The molecular weight excluding hydrogens is 422 g/mol. The third-order valence-corrected chi connectivity index (χ3v) is 5.76. The van der Waals surface area contributed by atoms with Gasteiger partial charge in [0.2, 0.25) is 0 Å². The molecule has 0 unspecified atom stereocenters. The number of carboxylic acids is 2. The van der Waals surface area contributed by atoms with Crippen LogP contribution in [0.3, 0.4) is 0 Å². The van der Waals surface area contributed by atoms with Crippen molar-refractivity contribution in [1.82, 2.24) is 4.90 Å². The van der Waals surface area contributed by atoms with E-state index in [-0.39, 0.29) is 11.7 Å². The molecule has 178 valence electrons. The predicted octanol–water partition coefficient (Wildman–Crippen LogP) is 3.73. The molecule has 1 saturated heterocycles. The van der Waals surface area contributed by atoms with Crippen molar-refractivity contribution in [2.24, 2.45) is 11.8 Å². The molecule has 33 heavy (non-hydrogen) atoms. The molecule has 0 spiro atoms. The van der Waals surface area contributed by atoms with Crippen LogP contribution in [0.25, 0.3) is 0 Å². The lowest BCUT2D eigenvalue weighted by molar-refractivity contribution is -0.134. The number of rotatable bonds is 8. The van der Waals surface area contributed by atoms with Crippen molar-refractivity contribution in [1.29, 1.82) is 0 Å². The van der Waals surface area contributed by atoms with Crippen molar-refractivity contribution in [3.63, 3.8) is 0 Å². The highest BCUT2D eigenvalue weighted by atomic mass is 16.4. The maximum atomic E-state index is 10.5. The number of carbonyl (C=O) groups is 2. The second-order valence-corrected chi connectivity index (χ2v) is 8.46. The van der Waals surface area contributed by atoms with Gasteiger partial charge in [0.15, 0.2) is 0 Å². The van der Waals surface area contributed by atoms with Crippen molar-refractivity contribution < 1.29 is 30.0 Å². The minimum atomic E-state index is -1.26. The van der Waals surface area contributed by atoms with Crippen molar-refractivity contribution in [2.45, 2.75) is 32.3 Å². The Hall–Kier alpha value is -3.16. The average molecular weight is 456 g/mol. The van der Waals surface area contributed by atoms with E-state index in [1.165, 1.54) is 24.8 Å². The Morgan fingerprint density at radius 1 is 0.970 bits per heavy atom. The lowest BCUT2D eigenvalue weighted by atomic mass is 9.89. The van der Waals surface area contributed by atoms with Crippen LogP contribution < -0.4 is 0 Å². The summed E-state index contributed by atoms with van der Waals surface area (Å²) in [6.07, 6.45) is 4.28. The number of hydrogen-bond donors (Lipinski definition) is 4. The van der Waals surface area contributed by atoms with Crippen LogP contribution in [0, 0.1) is 11.8 Å². The SMILES string of the molecule is C[C@H](CN1CCC(Cc2ccccc2)CC1)[C@H](O)c1ccc(O)cc1.O=C(O)/C=C\C(=O)O. The molecule has 3 rings (SSSR count). The molecular formula is C26H33NO6. The molecule has 0 bridgehead atoms. The molecule has 0 radical (unpaired) electrons. The average Bonchev–Trinajstić information content (AvgIpc) is 2.80. The van der Waals surface area contributed by atoms with Crippen molar-refractivity contribution in [3.8, 4) is 5.75 Å². The summed E-state index contributed by atoms with van der Waals surface area (Å²) >= 11 is 0. The minimum Gasteiger partial charge on any atom is -0.508 e. The summed E-state index contributed by atoms with van der Waals surface area (Å²) in [6, 6.07) is 17.7. The number of benzene rings is 2. The van der Waals surface area contributed by atoms with E-state index in [9.17, 15) is 19.8 Å². The van der Waals surface area contributed by atoms with Crippen LogP contribution >= 0.6 is 0 Å². The standard InChI is InChI=1S/C22H29NO2.C4H4O4/c1-17(22(25)20-7-9-21(24)10-8-20)16-23-13-11-19(12-14-23)15-18-5-3-2-4-6-18;5-3(6)1-2-4(7)8/h2-10,17,19,22,24-25H,11-16H2,1H3;1-2H,(H,5,6)(H,7,8)/b;2-1-/t17-,22+;/m1./s1. The van der Waals surface area contributed by atoms with Crippen LogP contribution in [-0.4, -0.2) is 56.9 Å². The Morgan fingerprint density at radius 2 is 1.52 bits per heavy atom. The Labute approximate surface area is 194 Å². The minimum absolute atomic E-state index is 0.176. The van der Waals surface area contributed by atoms with Gasteiger partial charge in [-0.25, -0.2) is 9.59 Å². The van der Waals surface area contributed by atoms with Crippen LogP contribution in [0.2, 0.25) is 0 Å². The number of aliphatic hydroxyl groups excluding tert-OH is 1. The topological polar surface area (TPSA) is 118 Å². The number of phenols is 1. The second kappa shape index (κ2) is 13.4. The van der Waals surface area contributed by atoms with E-state index in [2.05, 4.69) is 42.2 Å². The molecule has 0 aromatic heterocycles. The molecule has 7 nitrogen and oxygen atoms in total. The molecule has 1 aliphatic rings. The van der Waals surface area contributed by atoms with Crippen LogP contribution in [0.5, 0.6) is 5.75 Å². The van der Waals surface area contributed by atoms with Gasteiger partial charge in [0, 0.05) is 18.7 Å². The fourth-order valence-electron chi connectivity index (χ4n) is 3.97. The van der Waals surface area contributed by atoms with Gasteiger partial charge in [0.25, 0.3) is 0 Å². The van der Waals surface area contributed by atoms with Gasteiger partial charge in [-0.05, 0) is 67.4 Å². The summed E-state index contributed by atoms with van der Waals surface area (Å²) in [5.41, 5.74) is 2.32. The molecule has 0 saturated carbocycles. The normalized spacial score (nSPS) is 16.5. The summed E-state index contributed by atoms with van der Waals surface area (Å²) < 4.78 is 0. The summed E-state index contributed by atoms with van der Waals surface area (Å²) in [4.78, 5) is 21.6. The monoisotopic (exact) mass is 455 g/mol. The highest BCUT2D eigenvalue weighted by Gasteiger charge is 2.24. The van der Waals surface area contributed by atoms with Crippen molar-refractivity contribution in [2.75, 3.05) is 19.6 Å². The van der Waals surface area contributed by atoms with Crippen LogP contribution in [0.15, 0.2) is 66.7 Å². The zero-order valence-electron chi connectivity index (χ0n) is 18.9. The van der Waals surface area contributed by atoms with Gasteiger partial charge in [-0.15, -0.1) is 0 Å². The number of aromatic hydroxyl groups is 1. The van der Waals surface area contributed by atoms with E-state index in [0.29, 0.717) is 12.2 Å². The lowest BCUT2D eigenvalue weighted by Gasteiger charge is -2.34. The number of nitrogens with zero attached hydrogens (tertiary/aromatic N) is 1. The van der Waals surface area contributed by atoms with Crippen LogP contribution in [0.4, 0.5) is 0 Å². The predicted molar refractivity (Wildman–Crippen MR) is 126 cm³/mol. The number of aliphatic hydroxyl groups is 1. The summed E-state index contributed by atoms with van der Waals surface area (Å²) in [5.74, 6) is -1.32. The molecule has 2 atom stereocenters. The van der Waals surface area contributed by atoms with Gasteiger partial charge >= 0.3 is 11.9 Å². The smallest absolute Gasteiger partial charge is 0.328 e. The fourth-order valence-corrected chi connectivity index (χ4v) is 3.97. The molecule has 2 aromatic rings. The lowest BCUT2D eigenvalue weighted by Crippen LogP contribution is -2.38. The Balaban J connectivity index is 0.000000414. The molecule has 2 aromatic carbocycles. The highest BCUT2D eigenvalue weighted by molar-refractivity contribution is 5.89. The van der Waals surface area contributed by atoms with E-state index >= 15 is 0 Å². The summed E-state index contributed by atoms with van der Waals surface area (Å²) in [7, 11) is 0. The number of piperidine rings is 1. The Morgan fingerprint density at radius 3 is 2.03 bits per heavy atom. The zero-order valence-corrected chi connectivity index (χ0v) is 18.9. The van der Waals surface area contributed by atoms with Gasteiger partial charge in [-0.1, -0.05) is 49.4 Å². The third kappa shape index (κ3) is 9.89. The zero-order chi connectivity index (χ0) is 24.2. The maximum Gasteiger partial charge on any atom is 0.328 e. The van der Waals surface area contributed by atoms with E-state index in [1.807, 2.05) is 12.1 Å². The third-order valence-electron chi connectivity index (χ3n) is 5.76. The van der Waals surface area contributed by atoms with Crippen LogP contribution in [0.1, 0.15) is 37.0 Å². The van der Waals surface area contributed by atoms with E-state index in [4.69, 9.17) is 10.2 Å². The fraction of sp³-hybridized carbons (Fsp3) is 0.385. The van der Waals surface area contributed by atoms with Crippen molar-refractivity contribution in [3.05, 3.63) is 77.9 Å². The number of hydrogen-bond acceptors (Lipinski definition) is 5. The Kier molecular flexibility index (Phi) is 10.6. The quantitative estimate of drug-likeness (QED) is 0.448. The summed E-state index contributed by atoms with van der Waals surface area (Å²) in [5, 5.41) is 35.6.